The second-order valence-electron chi connectivity index (χ2n) is 7.97. The maximum absolute atomic E-state index is 13.1. The third kappa shape index (κ3) is 5.68. The first kappa shape index (κ1) is 22.3. The molecule has 2 aliphatic heterocycles. The van der Waals surface area contributed by atoms with Crippen molar-refractivity contribution in [2.75, 3.05) is 31.2 Å². The molecule has 2 aromatic rings. The second kappa shape index (κ2) is 10.6. The van der Waals surface area contributed by atoms with E-state index in [2.05, 4.69) is 27.7 Å². The van der Waals surface area contributed by atoms with Crippen LogP contribution in [0.15, 0.2) is 24.5 Å². The van der Waals surface area contributed by atoms with Gasteiger partial charge in [-0.05, 0) is 50.3 Å². The summed E-state index contributed by atoms with van der Waals surface area (Å²) in [4.78, 5) is 26.4. The molecule has 0 bridgehead atoms. The van der Waals surface area contributed by atoms with Crippen LogP contribution in [-0.4, -0.2) is 54.1 Å². The molecule has 4 rings (SSSR count). The third-order valence-corrected chi connectivity index (χ3v) is 6.70. The molecule has 0 aliphatic carbocycles. The fourth-order valence-corrected chi connectivity index (χ4v) is 4.66. The van der Waals surface area contributed by atoms with Crippen molar-refractivity contribution < 1.29 is 14.3 Å². The van der Waals surface area contributed by atoms with Gasteiger partial charge in [-0.2, -0.15) is 5.10 Å². The van der Waals surface area contributed by atoms with Gasteiger partial charge in [0.1, 0.15) is 5.00 Å². The van der Waals surface area contributed by atoms with Crippen molar-refractivity contribution in [1.82, 2.24) is 20.4 Å². The molecule has 170 valence electrons. The summed E-state index contributed by atoms with van der Waals surface area (Å²) in [6, 6.07) is 6.27. The first-order chi connectivity index (χ1) is 15.6. The van der Waals surface area contributed by atoms with Gasteiger partial charge in [0.15, 0.2) is 0 Å². The Balaban J connectivity index is 1.53. The highest BCUT2D eigenvalue weighted by Gasteiger charge is 2.22. The molecule has 3 amide bonds. The number of ether oxygens (including phenoxy) is 1. The molecular formula is C22H28N6O3S. The summed E-state index contributed by atoms with van der Waals surface area (Å²) in [5.74, 6) is 2.52. The zero-order chi connectivity index (χ0) is 22.3. The van der Waals surface area contributed by atoms with Gasteiger partial charge in [-0.15, -0.1) is 11.3 Å². The SMILES string of the molecule is NC(=O)c1ccc(N(C#Cc2cnn(C3CCOCC3)c2)C(=O)N[C@H]2CCCCNC2)s1. The average molecular weight is 457 g/mol. The highest BCUT2D eigenvalue weighted by atomic mass is 32.1. The van der Waals surface area contributed by atoms with Gasteiger partial charge in [0.2, 0.25) is 0 Å². The number of urea groups is 1. The zero-order valence-corrected chi connectivity index (χ0v) is 18.7. The number of amides is 3. The van der Waals surface area contributed by atoms with Crippen LogP contribution in [-0.2, 0) is 4.74 Å². The smallest absolute Gasteiger partial charge is 0.334 e. The summed E-state index contributed by atoms with van der Waals surface area (Å²) in [6.07, 6.45) is 8.51. The van der Waals surface area contributed by atoms with Crippen LogP contribution in [0.5, 0.6) is 0 Å². The first-order valence-corrected chi connectivity index (χ1v) is 11.8. The van der Waals surface area contributed by atoms with E-state index in [0.717, 1.165) is 75.3 Å². The first-order valence-electron chi connectivity index (χ1n) is 10.9. The molecule has 2 aliphatic rings. The maximum Gasteiger partial charge on any atom is 0.334 e. The minimum Gasteiger partial charge on any atom is -0.381 e. The number of primary amides is 1. The van der Waals surface area contributed by atoms with E-state index in [-0.39, 0.29) is 12.1 Å². The van der Waals surface area contributed by atoms with Crippen molar-refractivity contribution in [3.63, 3.8) is 0 Å². The van der Waals surface area contributed by atoms with Crippen LogP contribution in [0.3, 0.4) is 0 Å². The summed E-state index contributed by atoms with van der Waals surface area (Å²) in [5.41, 5.74) is 6.12. The topological polar surface area (TPSA) is 115 Å². The van der Waals surface area contributed by atoms with Gasteiger partial charge in [0.05, 0.1) is 22.7 Å². The highest BCUT2D eigenvalue weighted by Crippen LogP contribution is 2.26. The van der Waals surface area contributed by atoms with E-state index < -0.39 is 5.91 Å². The number of nitrogens with zero attached hydrogens (tertiary/aromatic N) is 3. The van der Waals surface area contributed by atoms with Crippen molar-refractivity contribution in [1.29, 1.82) is 0 Å². The van der Waals surface area contributed by atoms with E-state index in [1.165, 1.54) is 4.90 Å². The van der Waals surface area contributed by atoms with Gasteiger partial charge in [-0.25, -0.2) is 9.69 Å². The summed E-state index contributed by atoms with van der Waals surface area (Å²) in [6.45, 7) is 3.15. The molecule has 0 spiro atoms. The van der Waals surface area contributed by atoms with Gasteiger partial charge < -0.3 is 21.1 Å². The molecule has 2 aromatic heterocycles. The monoisotopic (exact) mass is 456 g/mol. The van der Waals surface area contributed by atoms with E-state index in [4.69, 9.17) is 10.5 Å². The second-order valence-corrected chi connectivity index (χ2v) is 9.04. The Morgan fingerprint density at radius 2 is 2.12 bits per heavy atom. The quantitative estimate of drug-likeness (QED) is 0.481. The van der Waals surface area contributed by atoms with Crippen molar-refractivity contribution in [2.24, 2.45) is 5.73 Å². The molecule has 2 saturated heterocycles. The fourth-order valence-electron chi connectivity index (χ4n) is 3.84. The molecule has 4 heterocycles. The van der Waals surface area contributed by atoms with E-state index >= 15 is 0 Å². The lowest BCUT2D eigenvalue weighted by Gasteiger charge is -2.22. The maximum atomic E-state index is 13.1. The van der Waals surface area contributed by atoms with Crippen LogP contribution in [0, 0.1) is 12.0 Å². The van der Waals surface area contributed by atoms with Gasteiger partial charge in [-0.3, -0.25) is 9.48 Å². The molecule has 0 radical (unpaired) electrons. The van der Waals surface area contributed by atoms with Crippen molar-refractivity contribution in [3.05, 3.63) is 35.0 Å². The lowest BCUT2D eigenvalue weighted by Crippen LogP contribution is -2.46. The van der Waals surface area contributed by atoms with Gasteiger partial charge >= 0.3 is 6.03 Å². The number of carbonyl (C=O) groups excluding carboxylic acids is 2. The van der Waals surface area contributed by atoms with E-state index in [1.54, 1.807) is 18.3 Å². The number of aromatic nitrogens is 2. The van der Waals surface area contributed by atoms with E-state index in [1.807, 2.05) is 10.9 Å². The molecular weight excluding hydrogens is 428 g/mol. The summed E-state index contributed by atoms with van der Waals surface area (Å²) in [7, 11) is 0. The van der Waals surface area contributed by atoms with Crippen molar-refractivity contribution >= 4 is 28.3 Å². The minimum absolute atomic E-state index is 0.0288. The number of hydrogen-bond donors (Lipinski definition) is 3. The molecule has 0 unspecified atom stereocenters. The molecule has 9 nitrogen and oxygen atoms in total. The average Bonchev–Trinajstić information content (AvgIpc) is 3.41. The predicted octanol–water partition coefficient (Wildman–Crippen LogP) is 2.06. The standard InChI is InChI=1S/C22H28N6O3S/c23-21(29)19-4-5-20(32-19)27(22(30)26-17-3-1-2-9-24-14-17)10-6-16-13-25-28(15-16)18-7-11-31-12-8-18/h4-5,13,15,17-18,24H,1-3,7-9,11-12,14H2,(H2,23,29)(H,26,30)/t17-/m0/s1. The number of anilines is 1. The fraction of sp³-hybridized carbons (Fsp3) is 0.500. The predicted molar refractivity (Wildman–Crippen MR) is 123 cm³/mol. The van der Waals surface area contributed by atoms with E-state index in [9.17, 15) is 9.59 Å². The number of thiophene rings is 1. The normalized spacial score (nSPS) is 19.4. The molecule has 1 atom stereocenters. The van der Waals surface area contributed by atoms with Gasteiger partial charge in [0, 0.05) is 38.0 Å². The largest absolute Gasteiger partial charge is 0.381 e. The number of carbonyl (C=O) groups is 2. The Morgan fingerprint density at radius 1 is 1.28 bits per heavy atom. The molecule has 2 fully saturated rings. The number of rotatable bonds is 4. The lowest BCUT2D eigenvalue weighted by atomic mass is 10.1. The molecule has 4 N–H and O–H groups in total. The summed E-state index contributed by atoms with van der Waals surface area (Å²) in [5, 5.41) is 11.4. The van der Waals surface area contributed by atoms with Crippen molar-refractivity contribution in [2.45, 2.75) is 44.2 Å². The Hall–Kier alpha value is -2.87. The van der Waals surface area contributed by atoms with Gasteiger partial charge in [-0.1, -0.05) is 6.42 Å². The summed E-state index contributed by atoms with van der Waals surface area (Å²) >= 11 is 1.14. The minimum atomic E-state index is -0.528. The Bertz CT molecular complexity index is 993. The summed E-state index contributed by atoms with van der Waals surface area (Å²) < 4.78 is 7.34. The number of hydrogen-bond acceptors (Lipinski definition) is 6. The highest BCUT2D eigenvalue weighted by molar-refractivity contribution is 7.18. The Kier molecular flexibility index (Phi) is 7.42. The number of nitrogens with two attached hydrogens (primary N) is 1. The molecule has 0 saturated carbocycles. The molecule has 32 heavy (non-hydrogen) atoms. The van der Waals surface area contributed by atoms with Crippen LogP contribution in [0.2, 0.25) is 0 Å². The van der Waals surface area contributed by atoms with Gasteiger partial charge in [0.25, 0.3) is 5.91 Å². The van der Waals surface area contributed by atoms with E-state index in [0.29, 0.717) is 15.9 Å². The van der Waals surface area contributed by atoms with Crippen LogP contribution < -0.4 is 21.3 Å². The van der Waals surface area contributed by atoms with Crippen LogP contribution >= 0.6 is 11.3 Å². The molecule has 10 heteroatoms. The van der Waals surface area contributed by atoms with Crippen molar-refractivity contribution in [3.8, 4) is 12.0 Å². The molecule has 0 aromatic carbocycles. The van der Waals surface area contributed by atoms with Crippen LogP contribution in [0.1, 0.15) is 53.4 Å². The van der Waals surface area contributed by atoms with Crippen LogP contribution in [0.4, 0.5) is 9.80 Å². The lowest BCUT2D eigenvalue weighted by molar-refractivity contribution is 0.0662. The third-order valence-electron chi connectivity index (χ3n) is 5.61. The zero-order valence-electron chi connectivity index (χ0n) is 17.9. The number of nitrogens with one attached hydrogen (secondary N) is 2. The van der Waals surface area contributed by atoms with Crippen LogP contribution in [0.25, 0.3) is 0 Å². The Morgan fingerprint density at radius 3 is 2.91 bits per heavy atom. The Labute approximate surface area is 191 Å².